The van der Waals surface area contributed by atoms with Crippen molar-refractivity contribution < 1.29 is 9.21 Å². The summed E-state index contributed by atoms with van der Waals surface area (Å²) in [6.07, 6.45) is 0. The second-order valence-corrected chi connectivity index (χ2v) is 4.49. The predicted octanol–water partition coefficient (Wildman–Crippen LogP) is 3.21. The summed E-state index contributed by atoms with van der Waals surface area (Å²) in [5.41, 5.74) is 2.46. The van der Waals surface area contributed by atoms with E-state index in [1.165, 1.54) is 0 Å². The monoisotopic (exact) mass is 278 g/mol. The number of nitrogens with one attached hydrogen (secondary N) is 2. The highest BCUT2D eigenvalue weighted by atomic mass is 35.5. The zero-order valence-electron chi connectivity index (χ0n) is 10.8. The lowest BCUT2D eigenvalue weighted by Gasteiger charge is -2.11. The van der Waals surface area contributed by atoms with Crippen LogP contribution in [0.2, 0.25) is 5.22 Å². The second-order valence-electron chi connectivity index (χ2n) is 4.12. The third-order valence-electron chi connectivity index (χ3n) is 2.89. The first-order valence-electron chi connectivity index (χ1n) is 5.91. The van der Waals surface area contributed by atoms with Crippen molar-refractivity contribution in [3.05, 3.63) is 52.4 Å². The molecule has 0 fully saturated rings. The number of hydrogen-bond donors (Lipinski definition) is 2. The van der Waals surface area contributed by atoms with Crippen LogP contribution in [0.4, 0.5) is 5.69 Å². The molecular formula is C14H15ClN2O2. The number of halogens is 1. The molecule has 2 rings (SSSR count). The van der Waals surface area contributed by atoms with Crippen molar-refractivity contribution in [1.82, 2.24) is 5.32 Å². The van der Waals surface area contributed by atoms with Crippen LogP contribution in [0, 0.1) is 6.92 Å². The Hall–Kier alpha value is -1.94. The minimum atomic E-state index is -0.0952. The summed E-state index contributed by atoms with van der Waals surface area (Å²) in [6, 6.07) is 9.07. The maximum absolute atomic E-state index is 11.7. The molecule has 0 aliphatic carbocycles. The van der Waals surface area contributed by atoms with Crippen LogP contribution < -0.4 is 10.6 Å². The van der Waals surface area contributed by atoms with Gasteiger partial charge in [0.25, 0.3) is 5.91 Å². The summed E-state index contributed by atoms with van der Waals surface area (Å²) in [5.74, 6) is 0.650. The molecule has 0 bridgehead atoms. The maximum atomic E-state index is 11.7. The van der Waals surface area contributed by atoms with Gasteiger partial charge in [-0.2, -0.15) is 0 Å². The normalized spacial score (nSPS) is 10.3. The standard InChI is InChI=1S/C14H15ClN2O2/c1-9-11(14(18)16-2)4-3-5-12(9)17-8-10-6-7-13(15)19-10/h3-7,17H,8H2,1-2H3,(H,16,18). The SMILES string of the molecule is CNC(=O)c1cccc(NCc2ccc(Cl)o2)c1C. The van der Waals surface area contributed by atoms with Gasteiger partial charge in [-0.3, -0.25) is 4.79 Å². The smallest absolute Gasteiger partial charge is 0.251 e. The minimum Gasteiger partial charge on any atom is -0.448 e. The first-order chi connectivity index (χ1) is 9.11. The molecule has 0 radical (unpaired) electrons. The Morgan fingerprint density at radius 2 is 2.11 bits per heavy atom. The number of carbonyl (C=O) groups is 1. The highest BCUT2D eigenvalue weighted by Gasteiger charge is 2.10. The van der Waals surface area contributed by atoms with Gasteiger partial charge >= 0.3 is 0 Å². The molecule has 0 aliphatic heterocycles. The van der Waals surface area contributed by atoms with Gasteiger partial charge in [0.1, 0.15) is 5.76 Å². The van der Waals surface area contributed by atoms with E-state index in [0.717, 1.165) is 17.0 Å². The molecule has 1 amide bonds. The lowest BCUT2D eigenvalue weighted by atomic mass is 10.1. The summed E-state index contributed by atoms with van der Waals surface area (Å²) in [6.45, 7) is 2.42. The number of rotatable bonds is 4. The van der Waals surface area contributed by atoms with Crippen molar-refractivity contribution in [1.29, 1.82) is 0 Å². The first-order valence-corrected chi connectivity index (χ1v) is 6.29. The van der Waals surface area contributed by atoms with E-state index >= 15 is 0 Å². The molecule has 0 aliphatic rings. The van der Waals surface area contributed by atoms with Gasteiger partial charge in [-0.05, 0) is 48.4 Å². The van der Waals surface area contributed by atoms with Gasteiger partial charge in [0.05, 0.1) is 6.54 Å². The molecule has 100 valence electrons. The number of hydrogen-bond acceptors (Lipinski definition) is 3. The Labute approximate surface area is 116 Å². The van der Waals surface area contributed by atoms with Gasteiger partial charge in [-0.25, -0.2) is 0 Å². The second kappa shape index (κ2) is 5.80. The Morgan fingerprint density at radius 3 is 2.74 bits per heavy atom. The van der Waals surface area contributed by atoms with Gasteiger partial charge in [-0.15, -0.1) is 0 Å². The molecule has 2 N–H and O–H groups in total. The summed E-state index contributed by atoms with van der Waals surface area (Å²) < 4.78 is 5.27. The van der Waals surface area contributed by atoms with Gasteiger partial charge in [0, 0.05) is 18.3 Å². The Morgan fingerprint density at radius 1 is 1.32 bits per heavy atom. The lowest BCUT2D eigenvalue weighted by Crippen LogP contribution is -2.19. The molecule has 0 saturated heterocycles. The number of benzene rings is 1. The van der Waals surface area contributed by atoms with E-state index in [4.69, 9.17) is 16.0 Å². The maximum Gasteiger partial charge on any atom is 0.251 e. The largest absolute Gasteiger partial charge is 0.448 e. The van der Waals surface area contributed by atoms with E-state index in [9.17, 15) is 4.79 Å². The van der Waals surface area contributed by atoms with Gasteiger partial charge in [-0.1, -0.05) is 6.07 Å². The Balaban J connectivity index is 2.14. The molecule has 0 saturated carbocycles. The van der Waals surface area contributed by atoms with E-state index in [1.807, 2.05) is 25.1 Å². The van der Waals surface area contributed by atoms with E-state index < -0.39 is 0 Å². The van der Waals surface area contributed by atoms with Crippen LogP contribution in [-0.4, -0.2) is 13.0 Å². The molecule has 0 spiro atoms. The zero-order chi connectivity index (χ0) is 13.8. The van der Waals surface area contributed by atoms with Crippen LogP contribution in [0.15, 0.2) is 34.7 Å². The van der Waals surface area contributed by atoms with Crippen LogP contribution in [0.5, 0.6) is 0 Å². The molecular weight excluding hydrogens is 264 g/mol. The molecule has 0 atom stereocenters. The quantitative estimate of drug-likeness (QED) is 0.903. The predicted molar refractivity (Wildman–Crippen MR) is 75.6 cm³/mol. The van der Waals surface area contributed by atoms with Crippen molar-refractivity contribution in [2.75, 3.05) is 12.4 Å². The molecule has 5 heteroatoms. The highest BCUT2D eigenvalue weighted by Crippen LogP contribution is 2.20. The van der Waals surface area contributed by atoms with Gasteiger partial charge in [0.2, 0.25) is 0 Å². The van der Waals surface area contributed by atoms with E-state index in [-0.39, 0.29) is 5.91 Å². The average molecular weight is 279 g/mol. The Bertz CT molecular complexity index is 593. The molecule has 0 unspecified atom stereocenters. The lowest BCUT2D eigenvalue weighted by molar-refractivity contribution is 0.0962. The molecule has 1 heterocycles. The van der Waals surface area contributed by atoms with E-state index in [2.05, 4.69) is 10.6 Å². The molecule has 2 aromatic rings. The van der Waals surface area contributed by atoms with Crippen molar-refractivity contribution >= 4 is 23.2 Å². The van der Waals surface area contributed by atoms with Crippen molar-refractivity contribution in [2.24, 2.45) is 0 Å². The highest BCUT2D eigenvalue weighted by molar-refractivity contribution is 6.28. The summed E-state index contributed by atoms with van der Waals surface area (Å²) in [7, 11) is 1.62. The topological polar surface area (TPSA) is 54.3 Å². The minimum absolute atomic E-state index is 0.0952. The van der Waals surface area contributed by atoms with Crippen LogP contribution in [-0.2, 0) is 6.54 Å². The van der Waals surface area contributed by atoms with Crippen molar-refractivity contribution in [3.63, 3.8) is 0 Å². The first kappa shape index (κ1) is 13.5. The fourth-order valence-electron chi connectivity index (χ4n) is 1.84. The molecule has 1 aromatic carbocycles. The summed E-state index contributed by atoms with van der Waals surface area (Å²) in [5, 5.41) is 6.22. The van der Waals surface area contributed by atoms with Crippen LogP contribution in [0.25, 0.3) is 0 Å². The average Bonchev–Trinajstić information content (AvgIpc) is 2.82. The Kier molecular flexibility index (Phi) is 4.12. The van der Waals surface area contributed by atoms with Crippen LogP contribution >= 0.6 is 11.6 Å². The van der Waals surface area contributed by atoms with Gasteiger partial charge < -0.3 is 15.1 Å². The number of anilines is 1. The zero-order valence-corrected chi connectivity index (χ0v) is 11.5. The number of carbonyl (C=O) groups excluding carboxylic acids is 1. The van der Waals surface area contributed by atoms with Crippen LogP contribution in [0.3, 0.4) is 0 Å². The summed E-state index contributed by atoms with van der Waals surface area (Å²) in [4.78, 5) is 11.7. The van der Waals surface area contributed by atoms with E-state index in [0.29, 0.717) is 17.3 Å². The van der Waals surface area contributed by atoms with Crippen molar-refractivity contribution in [3.8, 4) is 0 Å². The third-order valence-corrected chi connectivity index (χ3v) is 3.09. The van der Waals surface area contributed by atoms with Gasteiger partial charge in [0.15, 0.2) is 5.22 Å². The fraction of sp³-hybridized carbons (Fsp3) is 0.214. The molecule has 1 aromatic heterocycles. The third kappa shape index (κ3) is 3.09. The van der Waals surface area contributed by atoms with E-state index in [1.54, 1.807) is 19.2 Å². The summed E-state index contributed by atoms with van der Waals surface area (Å²) >= 11 is 5.71. The molecule has 19 heavy (non-hydrogen) atoms. The molecule has 4 nitrogen and oxygen atoms in total. The van der Waals surface area contributed by atoms with Crippen LogP contribution in [0.1, 0.15) is 21.7 Å². The number of furan rings is 1. The number of amides is 1. The van der Waals surface area contributed by atoms with Crippen molar-refractivity contribution in [2.45, 2.75) is 13.5 Å². The fourth-order valence-corrected chi connectivity index (χ4v) is 2.00.